The van der Waals surface area contributed by atoms with Gasteiger partial charge in [0.05, 0.1) is 0 Å². The van der Waals surface area contributed by atoms with Crippen LogP contribution in [0.15, 0.2) is 15.0 Å². The molecule has 0 radical (unpaired) electrons. The van der Waals surface area contributed by atoms with E-state index in [1.165, 1.54) is 0 Å². The Morgan fingerprint density at radius 3 is 1.74 bits per heavy atom. The van der Waals surface area contributed by atoms with Gasteiger partial charge < -0.3 is 18.3 Å². The van der Waals surface area contributed by atoms with Crippen molar-refractivity contribution in [1.29, 1.82) is 0 Å². The first-order valence-electron chi connectivity index (χ1n) is 9.42. The maximum absolute atomic E-state index is 6.20. The van der Waals surface area contributed by atoms with E-state index in [-0.39, 0.29) is 0 Å². The highest BCUT2D eigenvalue weighted by Gasteiger charge is 2.33. The average Bonchev–Trinajstić information content (AvgIpc) is 2.60. The molecular weight excluding hydrogens is 409 g/mol. The van der Waals surface area contributed by atoms with E-state index in [4.69, 9.17) is 18.3 Å². The molecule has 0 saturated heterocycles. The molecule has 7 nitrogen and oxygen atoms in total. The molecule has 1 unspecified atom stereocenters. The van der Waals surface area contributed by atoms with Crippen molar-refractivity contribution in [3.05, 3.63) is 0 Å². The van der Waals surface area contributed by atoms with Crippen molar-refractivity contribution in [1.82, 2.24) is 4.98 Å². The predicted molar refractivity (Wildman–Crippen MR) is 126 cm³/mol. The highest BCUT2D eigenvalue weighted by molar-refractivity contribution is 6.77. The monoisotopic (exact) mass is 446 g/mol. The summed E-state index contributed by atoms with van der Waals surface area (Å²) >= 11 is 0. The summed E-state index contributed by atoms with van der Waals surface area (Å²) in [4.78, 5) is 17.3. The Morgan fingerprint density at radius 2 is 1.33 bits per heavy atom. The van der Waals surface area contributed by atoms with Crippen LogP contribution in [0.5, 0.6) is 0 Å². The molecule has 0 aromatic rings. The minimum Gasteiger partial charge on any atom is -0.531 e. The summed E-state index contributed by atoms with van der Waals surface area (Å²) in [5, 5.41) is 0. The fraction of sp³-hybridized carbons (Fsp3) is 0.812. The highest BCUT2D eigenvalue weighted by atomic mass is 28.4. The maximum atomic E-state index is 6.20. The van der Waals surface area contributed by atoms with Crippen LogP contribution in [0.25, 0.3) is 0 Å². The number of aliphatic imine (C=N–C) groups is 3. The molecule has 1 atom stereocenters. The van der Waals surface area contributed by atoms with Gasteiger partial charge in [-0.2, -0.15) is 15.0 Å². The predicted octanol–water partition coefficient (Wildman–Crippen LogP) is 4.42. The zero-order valence-electron chi connectivity index (χ0n) is 19.1. The summed E-state index contributed by atoms with van der Waals surface area (Å²) in [5.74, 6) is 0.511. The fourth-order valence-electron chi connectivity index (χ4n) is 1.94. The van der Waals surface area contributed by atoms with Gasteiger partial charge >= 0.3 is 6.02 Å². The topological polar surface area (TPSA) is 76.8 Å². The lowest BCUT2D eigenvalue weighted by Gasteiger charge is -2.27. The zero-order chi connectivity index (χ0) is 21.3. The second-order valence-corrected chi connectivity index (χ2v) is 28.7. The van der Waals surface area contributed by atoms with Gasteiger partial charge in [-0.1, -0.05) is 19.6 Å². The molecule has 156 valence electrons. The van der Waals surface area contributed by atoms with Gasteiger partial charge in [-0.3, -0.25) is 0 Å². The van der Waals surface area contributed by atoms with E-state index < -0.39 is 39.4 Å². The Bertz CT molecular complexity index is 606. The van der Waals surface area contributed by atoms with Crippen LogP contribution in [0.2, 0.25) is 78.6 Å². The molecule has 1 N–H and O–H groups in total. The summed E-state index contributed by atoms with van der Waals surface area (Å²) in [6.45, 7) is 25.7. The smallest absolute Gasteiger partial charge is 0.303 e. The third kappa shape index (κ3) is 10.9. The van der Waals surface area contributed by atoms with E-state index in [2.05, 4.69) is 93.5 Å². The number of hydrogen-bond acceptors (Lipinski definition) is 6. The molecule has 0 amide bonds. The van der Waals surface area contributed by atoms with Gasteiger partial charge in [-0.05, 0) is 58.9 Å². The molecule has 0 saturated carbocycles. The van der Waals surface area contributed by atoms with Crippen molar-refractivity contribution in [2.45, 2.75) is 84.7 Å². The lowest BCUT2D eigenvalue weighted by Crippen LogP contribution is -2.50. The molecule has 0 aromatic heterocycles. The lowest BCUT2D eigenvalue weighted by molar-refractivity contribution is 0.505. The number of nitrogens with one attached hydrogen (secondary N) is 1. The van der Waals surface area contributed by atoms with E-state index >= 15 is 0 Å². The SMILES string of the molecule is C[Si](C)(C)N/C(=N/C1N=C(O[Si](C)(C)C)N=C1O[Si](C)(C)C)O[Si](C)(C)C. The molecule has 0 bridgehead atoms. The Labute approximate surface area is 169 Å². The molecule has 0 aliphatic carbocycles. The van der Waals surface area contributed by atoms with Crippen molar-refractivity contribution >= 4 is 51.1 Å². The molecular formula is C16H38N4O3Si4. The maximum Gasteiger partial charge on any atom is 0.303 e. The van der Waals surface area contributed by atoms with Crippen LogP contribution in [-0.2, 0) is 13.3 Å². The van der Waals surface area contributed by atoms with Crippen LogP contribution in [-0.4, -0.2) is 57.3 Å². The number of amidine groups is 2. The largest absolute Gasteiger partial charge is 0.531 e. The van der Waals surface area contributed by atoms with Gasteiger partial charge in [0.1, 0.15) is 8.24 Å². The first-order chi connectivity index (χ1) is 11.8. The van der Waals surface area contributed by atoms with Crippen molar-refractivity contribution < 1.29 is 13.3 Å². The van der Waals surface area contributed by atoms with Gasteiger partial charge in [-0.25, -0.2) is 0 Å². The quantitative estimate of drug-likeness (QED) is 0.385. The molecule has 0 fully saturated rings. The van der Waals surface area contributed by atoms with Crippen molar-refractivity contribution in [2.24, 2.45) is 15.0 Å². The summed E-state index contributed by atoms with van der Waals surface area (Å²) < 4.78 is 18.3. The van der Waals surface area contributed by atoms with E-state index in [1.54, 1.807) is 0 Å². The molecule has 27 heavy (non-hydrogen) atoms. The van der Waals surface area contributed by atoms with Crippen LogP contribution in [0.3, 0.4) is 0 Å². The summed E-state index contributed by atoms with van der Waals surface area (Å²) in [6.07, 6.45) is -0.557. The number of hydrogen-bond donors (Lipinski definition) is 1. The minimum absolute atomic E-state index is 0.372. The second-order valence-electron chi connectivity index (χ2n) is 10.7. The van der Waals surface area contributed by atoms with Gasteiger partial charge in [-0.15, -0.1) is 0 Å². The minimum atomic E-state index is -1.86. The Balaban J connectivity index is 3.23. The third-order valence-electron chi connectivity index (χ3n) is 2.59. The van der Waals surface area contributed by atoms with Crippen molar-refractivity contribution in [3.8, 4) is 0 Å². The Kier molecular flexibility index (Phi) is 7.33. The molecule has 11 heteroatoms. The zero-order valence-corrected chi connectivity index (χ0v) is 23.1. The summed E-state index contributed by atoms with van der Waals surface area (Å²) in [6, 6.07) is 0.916. The normalized spacial score (nSPS) is 19.4. The van der Waals surface area contributed by atoms with Crippen LogP contribution in [0.1, 0.15) is 0 Å². The van der Waals surface area contributed by atoms with Gasteiger partial charge in [0.2, 0.25) is 37.0 Å². The molecule has 0 aromatic carbocycles. The Hall–Kier alpha value is -0.922. The lowest BCUT2D eigenvalue weighted by atomic mass is 10.5. The first kappa shape index (κ1) is 24.1. The van der Waals surface area contributed by atoms with Gasteiger partial charge in [0, 0.05) is 0 Å². The average molecular weight is 447 g/mol. The number of nitrogens with zero attached hydrogens (tertiary/aromatic N) is 3. The van der Waals surface area contributed by atoms with E-state index in [9.17, 15) is 0 Å². The highest BCUT2D eigenvalue weighted by Crippen LogP contribution is 2.18. The summed E-state index contributed by atoms with van der Waals surface area (Å²) in [5.41, 5.74) is 0. The fourth-order valence-corrected chi connectivity index (χ4v) is 4.91. The van der Waals surface area contributed by atoms with E-state index in [1.807, 2.05) is 0 Å². The molecule has 1 rings (SSSR count). The second kappa shape index (κ2) is 8.21. The molecule has 1 heterocycles. The third-order valence-corrected chi connectivity index (χ3v) is 5.98. The Morgan fingerprint density at radius 1 is 0.815 bits per heavy atom. The van der Waals surface area contributed by atoms with Crippen LogP contribution in [0.4, 0.5) is 0 Å². The van der Waals surface area contributed by atoms with Crippen LogP contribution < -0.4 is 4.98 Å². The number of rotatable bonds is 5. The van der Waals surface area contributed by atoms with E-state index in [0.29, 0.717) is 17.9 Å². The molecule has 1 aliphatic heterocycles. The van der Waals surface area contributed by atoms with Crippen LogP contribution in [0, 0.1) is 0 Å². The van der Waals surface area contributed by atoms with Crippen molar-refractivity contribution in [3.63, 3.8) is 0 Å². The van der Waals surface area contributed by atoms with Gasteiger partial charge in [0.15, 0.2) is 0 Å². The molecule has 1 aliphatic rings. The van der Waals surface area contributed by atoms with Crippen LogP contribution >= 0.6 is 0 Å². The first-order valence-corrected chi connectivity index (χ1v) is 23.1. The summed E-state index contributed by atoms with van der Waals surface area (Å²) in [7, 11) is -7.16. The van der Waals surface area contributed by atoms with Crippen molar-refractivity contribution in [2.75, 3.05) is 0 Å². The van der Waals surface area contributed by atoms with Gasteiger partial charge in [0.25, 0.3) is 6.02 Å². The molecule has 0 spiro atoms. The standard InChI is InChI=1S/C16H38N4O3Si4/c1-24(2,3)20-16(23-27(10,11)12)18-13-14(21-25(4,5)6)19-15(17-13)22-26(7,8)9/h13H,1-12H3,(H,18,20). The van der Waals surface area contributed by atoms with E-state index in [0.717, 1.165) is 0 Å².